The number of aromatic nitrogens is 3. The number of carbonyl (C=O) groups is 1. The van der Waals surface area contributed by atoms with E-state index in [4.69, 9.17) is 0 Å². The van der Waals surface area contributed by atoms with E-state index in [0.717, 1.165) is 15.7 Å². The molecule has 0 saturated heterocycles. The second-order valence-electron chi connectivity index (χ2n) is 4.60. The lowest BCUT2D eigenvalue weighted by molar-refractivity contribution is 0.0953. The highest BCUT2D eigenvalue weighted by Crippen LogP contribution is 2.13. The van der Waals surface area contributed by atoms with Gasteiger partial charge in [0.15, 0.2) is 0 Å². The van der Waals surface area contributed by atoms with Crippen molar-refractivity contribution < 1.29 is 9.18 Å². The lowest BCUT2D eigenvalue weighted by atomic mass is 10.2. The zero-order chi connectivity index (χ0) is 14.8. The number of carbonyl (C=O) groups excluding carboxylic acids is 1. The first-order valence-electron chi connectivity index (χ1n) is 6.47. The number of hydrogen-bond donors (Lipinski definition) is 1. The van der Waals surface area contributed by atoms with Crippen LogP contribution in [0.5, 0.6) is 0 Å². The van der Waals surface area contributed by atoms with Gasteiger partial charge in [0.05, 0.1) is 11.9 Å². The Morgan fingerprint density at radius 2 is 2.33 bits per heavy atom. The summed E-state index contributed by atoms with van der Waals surface area (Å²) in [7, 11) is 0. The van der Waals surface area contributed by atoms with Gasteiger partial charge < -0.3 is 5.32 Å². The second-order valence-corrected chi connectivity index (χ2v) is 5.76. The van der Waals surface area contributed by atoms with Gasteiger partial charge in [-0.3, -0.25) is 4.79 Å². The number of aryl methyl sites for hydroxylation is 1. The van der Waals surface area contributed by atoms with Crippen molar-refractivity contribution in [3.8, 4) is 0 Å². The third kappa shape index (κ3) is 3.08. The molecular formula is C14H13FN4OS. The van der Waals surface area contributed by atoms with E-state index < -0.39 is 5.82 Å². The van der Waals surface area contributed by atoms with Gasteiger partial charge in [0, 0.05) is 18.5 Å². The summed E-state index contributed by atoms with van der Waals surface area (Å²) in [6.45, 7) is 2.37. The van der Waals surface area contributed by atoms with Crippen LogP contribution in [-0.4, -0.2) is 27.0 Å². The number of amides is 1. The Hall–Kier alpha value is -2.28. The Labute approximate surface area is 124 Å². The van der Waals surface area contributed by atoms with Gasteiger partial charge in [0.2, 0.25) is 4.96 Å². The number of fused-ring (bicyclic) bond motifs is 1. The van der Waals surface area contributed by atoms with Crippen LogP contribution in [0.15, 0.2) is 30.5 Å². The molecule has 3 aromatic rings. The summed E-state index contributed by atoms with van der Waals surface area (Å²) < 4.78 is 14.8. The predicted molar refractivity (Wildman–Crippen MR) is 78.0 cm³/mol. The van der Waals surface area contributed by atoms with Crippen LogP contribution in [-0.2, 0) is 6.42 Å². The third-order valence-corrected chi connectivity index (χ3v) is 3.79. The molecule has 0 spiro atoms. The highest BCUT2D eigenvalue weighted by atomic mass is 32.1. The van der Waals surface area contributed by atoms with E-state index in [0.29, 0.717) is 18.5 Å². The van der Waals surface area contributed by atoms with Crippen LogP contribution >= 0.6 is 11.3 Å². The average molecular weight is 304 g/mol. The van der Waals surface area contributed by atoms with Crippen molar-refractivity contribution in [2.75, 3.05) is 6.54 Å². The maximum Gasteiger partial charge on any atom is 0.251 e. The lowest BCUT2D eigenvalue weighted by Gasteiger charge is -2.03. The molecule has 2 aromatic heterocycles. The molecule has 0 saturated carbocycles. The largest absolute Gasteiger partial charge is 0.352 e. The van der Waals surface area contributed by atoms with Crippen molar-refractivity contribution in [1.29, 1.82) is 0 Å². The molecule has 0 radical (unpaired) electrons. The summed E-state index contributed by atoms with van der Waals surface area (Å²) in [5.74, 6) is -0.706. The summed E-state index contributed by atoms with van der Waals surface area (Å²) >= 11 is 1.52. The number of rotatable bonds is 4. The average Bonchev–Trinajstić information content (AvgIpc) is 2.95. The zero-order valence-electron chi connectivity index (χ0n) is 11.3. The zero-order valence-corrected chi connectivity index (χ0v) is 12.2. The first-order valence-corrected chi connectivity index (χ1v) is 7.29. The Kier molecular flexibility index (Phi) is 3.66. The summed E-state index contributed by atoms with van der Waals surface area (Å²) in [6, 6.07) is 5.62. The summed E-state index contributed by atoms with van der Waals surface area (Å²) in [4.78, 5) is 17.1. The SMILES string of the molecule is Cc1nn2cc(CCNC(=O)c3cccc(F)c3)nc2s1. The van der Waals surface area contributed by atoms with E-state index in [2.05, 4.69) is 15.4 Å². The van der Waals surface area contributed by atoms with Gasteiger partial charge in [-0.25, -0.2) is 13.9 Å². The van der Waals surface area contributed by atoms with Gasteiger partial charge in [-0.05, 0) is 25.1 Å². The molecule has 1 aromatic carbocycles. The smallest absolute Gasteiger partial charge is 0.251 e. The molecular weight excluding hydrogens is 291 g/mol. The number of halogens is 1. The van der Waals surface area contributed by atoms with Crippen molar-refractivity contribution in [2.45, 2.75) is 13.3 Å². The highest BCUT2D eigenvalue weighted by molar-refractivity contribution is 7.16. The van der Waals surface area contributed by atoms with Crippen molar-refractivity contribution in [3.63, 3.8) is 0 Å². The molecule has 5 nitrogen and oxygen atoms in total. The molecule has 1 N–H and O–H groups in total. The van der Waals surface area contributed by atoms with Gasteiger partial charge in [-0.2, -0.15) is 5.10 Å². The van der Waals surface area contributed by atoms with E-state index in [1.54, 1.807) is 10.6 Å². The fraction of sp³-hybridized carbons (Fsp3) is 0.214. The van der Waals surface area contributed by atoms with E-state index in [1.165, 1.54) is 29.5 Å². The Morgan fingerprint density at radius 1 is 1.48 bits per heavy atom. The lowest BCUT2D eigenvalue weighted by Crippen LogP contribution is -2.25. The summed E-state index contributed by atoms with van der Waals surface area (Å²) in [6.07, 6.45) is 2.46. The first kappa shape index (κ1) is 13.7. The summed E-state index contributed by atoms with van der Waals surface area (Å²) in [5.41, 5.74) is 1.19. The van der Waals surface area contributed by atoms with Gasteiger partial charge >= 0.3 is 0 Å². The number of nitrogens with one attached hydrogen (secondary N) is 1. The molecule has 7 heteroatoms. The molecule has 0 aliphatic carbocycles. The van der Waals surface area contributed by atoms with Crippen LogP contribution in [0.2, 0.25) is 0 Å². The molecule has 0 fully saturated rings. The topological polar surface area (TPSA) is 59.3 Å². The van der Waals surface area contributed by atoms with Crippen molar-refractivity contribution in [2.24, 2.45) is 0 Å². The predicted octanol–water partition coefficient (Wildman–Crippen LogP) is 2.21. The molecule has 0 bridgehead atoms. The number of hydrogen-bond acceptors (Lipinski definition) is 4. The number of benzene rings is 1. The maximum absolute atomic E-state index is 13.0. The normalized spacial score (nSPS) is 11.0. The van der Waals surface area contributed by atoms with Crippen LogP contribution < -0.4 is 5.32 Å². The Morgan fingerprint density at radius 3 is 3.10 bits per heavy atom. The van der Waals surface area contributed by atoms with Crippen molar-refractivity contribution in [1.82, 2.24) is 19.9 Å². The third-order valence-electron chi connectivity index (χ3n) is 2.95. The van der Waals surface area contributed by atoms with E-state index >= 15 is 0 Å². The Bertz CT molecular complexity index is 764. The van der Waals surface area contributed by atoms with Gasteiger partial charge in [0.1, 0.15) is 10.8 Å². The molecule has 108 valence electrons. The molecule has 0 aliphatic rings. The van der Waals surface area contributed by atoms with Gasteiger partial charge in [-0.1, -0.05) is 17.4 Å². The fourth-order valence-electron chi connectivity index (χ4n) is 2.00. The Balaban J connectivity index is 1.58. The van der Waals surface area contributed by atoms with Crippen LogP contribution in [0.25, 0.3) is 4.96 Å². The minimum Gasteiger partial charge on any atom is -0.352 e. The molecule has 21 heavy (non-hydrogen) atoms. The molecule has 0 aliphatic heterocycles. The highest BCUT2D eigenvalue weighted by Gasteiger charge is 2.08. The van der Waals surface area contributed by atoms with E-state index in [-0.39, 0.29) is 5.91 Å². The maximum atomic E-state index is 13.0. The number of nitrogens with zero attached hydrogens (tertiary/aromatic N) is 3. The molecule has 3 rings (SSSR count). The molecule has 2 heterocycles. The minimum absolute atomic E-state index is 0.288. The van der Waals surface area contributed by atoms with E-state index in [1.807, 2.05) is 13.1 Å². The second kappa shape index (κ2) is 5.61. The van der Waals surface area contributed by atoms with Crippen LogP contribution in [0.3, 0.4) is 0 Å². The molecule has 0 atom stereocenters. The molecule has 0 unspecified atom stereocenters. The van der Waals surface area contributed by atoms with Crippen LogP contribution in [0, 0.1) is 12.7 Å². The van der Waals surface area contributed by atoms with Gasteiger partial charge in [-0.15, -0.1) is 0 Å². The van der Waals surface area contributed by atoms with Crippen LogP contribution in [0.1, 0.15) is 21.1 Å². The van der Waals surface area contributed by atoms with Crippen molar-refractivity contribution >= 4 is 22.2 Å². The standard InChI is InChI=1S/C14H13FN4OS/c1-9-18-19-8-12(17-14(19)21-9)5-6-16-13(20)10-3-2-4-11(15)7-10/h2-4,7-8H,5-6H2,1H3,(H,16,20). The van der Waals surface area contributed by atoms with Crippen LogP contribution in [0.4, 0.5) is 4.39 Å². The number of imidazole rings is 1. The summed E-state index contributed by atoms with van der Waals surface area (Å²) in [5, 5.41) is 7.99. The molecule has 1 amide bonds. The van der Waals surface area contributed by atoms with Gasteiger partial charge in [0.25, 0.3) is 5.91 Å². The fourth-order valence-corrected chi connectivity index (χ4v) is 2.74. The minimum atomic E-state index is -0.418. The first-order chi connectivity index (χ1) is 10.1. The van der Waals surface area contributed by atoms with Crippen molar-refractivity contribution in [3.05, 3.63) is 52.5 Å². The monoisotopic (exact) mass is 304 g/mol. The quantitative estimate of drug-likeness (QED) is 0.804. The van der Waals surface area contributed by atoms with E-state index in [9.17, 15) is 9.18 Å².